The van der Waals surface area contributed by atoms with Crippen molar-refractivity contribution in [2.45, 2.75) is 6.18 Å². The van der Waals surface area contributed by atoms with Crippen molar-refractivity contribution in [3.63, 3.8) is 0 Å². The van der Waals surface area contributed by atoms with E-state index < -0.39 is 11.7 Å². The molecule has 5 heteroatoms. The molecular weight excluding hydrogens is 241 g/mol. The fourth-order valence-corrected chi connectivity index (χ4v) is 1.91. The van der Waals surface area contributed by atoms with Crippen LogP contribution in [-0.4, -0.2) is 10.2 Å². The molecule has 0 fully saturated rings. The number of aromatic nitrogens is 2. The lowest BCUT2D eigenvalue weighted by Crippen LogP contribution is -2.04. The van der Waals surface area contributed by atoms with Gasteiger partial charge in [-0.15, -0.1) is 10.2 Å². The lowest BCUT2D eigenvalue weighted by atomic mass is 10.1. The molecule has 0 aliphatic carbocycles. The second kappa shape index (κ2) is 3.66. The van der Waals surface area contributed by atoms with Gasteiger partial charge in [0.2, 0.25) is 0 Å². The molecule has 0 spiro atoms. The summed E-state index contributed by atoms with van der Waals surface area (Å²) in [6, 6.07) is 10.8. The van der Waals surface area contributed by atoms with Gasteiger partial charge in [-0.25, -0.2) is 0 Å². The fourth-order valence-electron chi connectivity index (χ4n) is 1.91. The molecule has 2 aromatic carbocycles. The summed E-state index contributed by atoms with van der Waals surface area (Å²) in [5, 5.41) is 9.23. The van der Waals surface area contributed by atoms with Crippen molar-refractivity contribution in [2.24, 2.45) is 0 Å². The lowest BCUT2D eigenvalue weighted by molar-refractivity contribution is -0.137. The predicted molar refractivity (Wildman–Crippen MR) is 62.0 cm³/mol. The molecule has 1 aromatic heterocycles. The van der Waals surface area contributed by atoms with Gasteiger partial charge in [-0.2, -0.15) is 13.2 Å². The van der Waals surface area contributed by atoms with E-state index in [1.54, 1.807) is 6.07 Å². The molecule has 0 N–H and O–H groups in total. The molecule has 0 atom stereocenters. The number of halogens is 3. The van der Waals surface area contributed by atoms with Gasteiger partial charge >= 0.3 is 6.18 Å². The minimum atomic E-state index is -4.36. The van der Waals surface area contributed by atoms with Crippen LogP contribution in [0.25, 0.3) is 21.8 Å². The summed E-state index contributed by atoms with van der Waals surface area (Å²) in [6.07, 6.45) is -4.36. The Hall–Kier alpha value is -2.17. The van der Waals surface area contributed by atoms with Crippen molar-refractivity contribution in [2.75, 3.05) is 0 Å². The summed E-state index contributed by atoms with van der Waals surface area (Å²) in [7, 11) is 0. The van der Waals surface area contributed by atoms with Crippen molar-refractivity contribution < 1.29 is 13.2 Å². The molecule has 0 amide bonds. The quantitative estimate of drug-likeness (QED) is 0.565. The maximum absolute atomic E-state index is 12.6. The second-order valence-corrected chi connectivity index (χ2v) is 3.95. The lowest BCUT2D eigenvalue weighted by Gasteiger charge is -2.08. The Bertz CT molecular complexity index is 735. The van der Waals surface area contributed by atoms with Crippen molar-refractivity contribution >= 4 is 21.8 Å². The zero-order valence-corrected chi connectivity index (χ0v) is 9.07. The minimum Gasteiger partial charge on any atom is -0.166 e. The van der Waals surface area contributed by atoms with Crippen molar-refractivity contribution in [1.82, 2.24) is 10.2 Å². The monoisotopic (exact) mass is 248 g/mol. The number of rotatable bonds is 0. The van der Waals surface area contributed by atoms with E-state index >= 15 is 0 Å². The Labute approximate surface area is 100 Å². The van der Waals surface area contributed by atoms with Crippen molar-refractivity contribution in [3.8, 4) is 0 Å². The molecular formula is C13H7F3N2. The summed E-state index contributed by atoms with van der Waals surface area (Å²) < 4.78 is 37.7. The number of benzene rings is 2. The number of hydrogen-bond acceptors (Lipinski definition) is 2. The van der Waals surface area contributed by atoms with Crippen LogP contribution in [0.4, 0.5) is 13.2 Å². The standard InChI is InChI=1S/C13H7F3N2/c14-13(15,16)8-5-6-10-9-3-1-2-4-11(9)17-18-12(10)7-8/h1-7H. The largest absolute Gasteiger partial charge is 0.416 e. The van der Waals surface area contributed by atoms with Crippen LogP contribution in [0.15, 0.2) is 42.5 Å². The molecule has 3 aromatic rings. The summed E-state index contributed by atoms with van der Waals surface area (Å²) in [5.74, 6) is 0. The molecule has 0 aliphatic heterocycles. The van der Waals surface area contributed by atoms with Gasteiger partial charge in [0.1, 0.15) is 0 Å². The van der Waals surface area contributed by atoms with Crippen LogP contribution in [0.3, 0.4) is 0 Å². The Morgan fingerprint density at radius 3 is 2.22 bits per heavy atom. The molecule has 90 valence electrons. The number of alkyl halides is 3. The summed E-state index contributed by atoms with van der Waals surface area (Å²) in [4.78, 5) is 0. The third-order valence-corrected chi connectivity index (χ3v) is 2.78. The molecule has 0 saturated heterocycles. The van der Waals surface area contributed by atoms with Crippen LogP contribution in [-0.2, 0) is 6.18 Å². The van der Waals surface area contributed by atoms with Gasteiger partial charge in [-0.3, -0.25) is 0 Å². The molecule has 18 heavy (non-hydrogen) atoms. The zero-order chi connectivity index (χ0) is 12.8. The van der Waals surface area contributed by atoms with E-state index in [0.29, 0.717) is 10.9 Å². The Kier molecular flexibility index (Phi) is 2.23. The van der Waals surface area contributed by atoms with Gasteiger partial charge in [0.05, 0.1) is 16.6 Å². The molecule has 2 nitrogen and oxygen atoms in total. The van der Waals surface area contributed by atoms with Gasteiger partial charge in [0.25, 0.3) is 0 Å². The first-order chi connectivity index (χ1) is 8.55. The van der Waals surface area contributed by atoms with Gasteiger partial charge in [0, 0.05) is 10.8 Å². The number of nitrogens with zero attached hydrogens (tertiary/aromatic N) is 2. The maximum Gasteiger partial charge on any atom is 0.416 e. The predicted octanol–water partition coefficient (Wildman–Crippen LogP) is 3.80. The SMILES string of the molecule is FC(F)(F)c1ccc2c(c1)nnc1ccccc12. The molecule has 0 unspecified atom stereocenters. The van der Waals surface area contributed by atoms with Crippen LogP contribution in [0.5, 0.6) is 0 Å². The average Bonchev–Trinajstić information content (AvgIpc) is 2.37. The zero-order valence-electron chi connectivity index (χ0n) is 9.07. The van der Waals surface area contributed by atoms with Gasteiger partial charge < -0.3 is 0 Å². The van der Waals surface area contributed by atoms with E-state index in [9.17, 15) is 13.2 Å². The highest BCUT2D eigenvalue weighted by molar-refractivity contribution is 6.03. The second-order valence-electron chi connectivity index (χ2n) is 3.95. The first-order valence-electron chi connectivity index (χ1n) is 5.28. The Morgan fingerprint density at radius 2 is 1.44 bits per heavy atom. The molecule has 0 saturated carbocycles. The highest BCUT2D eigenvalue weighted by atomic mass is 19.4. The normalized spacial score (nSPS) is 12.2. The smallest absolute Gasteiger partial charge is 0.166 e. The average molecular weight is 248 g/mol. The maximum atomic E-state index is 12.6. The molecule has 0 aliphatic rings. The van der Waals surface area contributed by atoms with E-state index in [4.69, 9.17) is 0 Å². The number of fused-ring (bicyclic) bond motifs is 3. The van der Waals surface area contributed by atoms with Crippen LogP contribution < -0.4 is 0 Å². The third kappa shape index (κ3) is 1.68. The van der Waals surface area contributed by atoms with Crippen molar-refractivity contribution in [3.05, 3.63) is 48.0 Å². The van der Waals surface area contributed by atoms with Gasteiger partial charge in [-0.05, 0) is 18.2 Å². The topological polar surface area (TPSA) is 25.8 Å². The van der Waals surface area contributed by atoms with Crippen LogP contribution in [0, 0.1) is 0 Å². The van der Waals surface area contributed by atoms with Crippen molar-refractivity contribution in [1.29, 1.82) is 0 Å². The van der Waals surface area contributed by atoms with Gasteiger partial charge in [0.15, 0.2) is 0 Å². The van der Waals surface area contributed by atoms with E-state index in [1.165, 1.54) is 6.07 Å². The fraction of sp³-hybridized carbons (Fsp3) is 0.0769. The Morgan fingerprint density at radius 1 is 0.778 bits per heavy atom. The van der Waals surface area contributed by atoms with E-state index in [2.05, 4.69) is 10.2 Å². The highest BCUT2D eigenvalue weighted by Gasteiger charge is 2.30. The summed E-state index contributed by atoms with van der Waals surface area (Å²) >= 11 is 0. The van der Waals surface area contributed by atoms with Gasteiger partial charge in [-0.1, -0.05) is 24.3 Å². The van der Waals surface area contributed by atoms with Crippen LogP contribution in [0.2, 0.25) is 0 Å². The summed E-state index contributed by atoms with van der Waals surface area (Å²) in [6.45, 7) is 0. The third-order valence-electron chi connectivity index (χ3n) is 2.78. The van der Waals surface area contributed by atoms with E-state index in [0.717, 1.165) is 17.5 Å². The number of hydrogen-bond donors (Lipinski definition) is 0. The highest BCUT2D eigenvalue weighted by Crippen LogP contribution is 2.32. The molecule has 0 radical (unpaired) electrons. The molecule has 3 rings (SSSR count). The van der Waals surface area contributed by atoms with E-state index in [-0.39, 0.29) is 5.52 Å². The summed E-state index contributed by atoms with van der Waals surface area (Å²) in [5.41, 5.74) is 0.216. The first kappa shape index (κ1) is 11.0. The van der Waals surface area contributed by atoms with Crippen LogP contribution in [0.1, 0.15) is 5.56 Å². The molecule has 0 bridgehead atoms. The van der Waals surface area contributed by atoms with E-state index in [1.807, 2.05) is 18.2 Å². The minimum absolute atomic E-state index is 0.253. The Balaban J connectivity index is 2.35. The first-order valence-corrected chi connectivity index (χ1v) is 5.28. The molecule has 1 heterocycles. The van der Waals surface area contributed by atoms with Crippen LogP contribution >= 0.6 is 0 Å².